The molecule has 5 nitrogen and oxygen atoms in total. The van der Waals surface area contributed by atoms with Gasteiger partial charge in [0.05, 0.1) is 19.8 Å². The molecular weight excluding hydrogens is 244 g/mol. The van der Waals surface area contributed by atoms with Gasteiger partial charge in [-0.25, -0.2) is 9.78 Å². The Hall–Kier alpha value is -1.17. The van der Waals surface area contributed by atoms with Crippen molar-refractivity contribution < 1.29 is 14.3 Å². The first-order chi connectivity index (χ1) is 8.22. The van der Waals surface area contributed by atoms with Crippen molar-refractivity contribution in [2.75, 3.05) is 26.8 Å². The van der Waals surface area contributed by atoms with Gasteiger partial charge < -0.3 is 14.8 Å². The molecule has 2 heterocycles. The summed E-state index contributed by atoms with van der Waals surface area (Å²) in [6.45, 7) is 2.06. The van der Waals surface area contributed by atoms with E-state index in [1.165, 1.54) is 7.11 Å². The van der Waals surface area contributed by atoms with Gasteiger partial charge in [-0.15, -0.1) is 0 Å². The van der Waals surface area contributed by atoms with Gasteiger partial charge in [0.1, 0.15) is 5.15 Å². The molecule has 1 fully saturated rings. The summed E-state index contributed by atoms with van der Waals surface area (Å²) in [5.41, 5.74) is 0.919. The Balaban J connectivity index is 2.34. The molecule has 1 aromatic rings. The van der Waals surface area contributed by atoms with Crippen LogP contribution in [-0.2, 0) is 9.47 Å². The Morgan fingerprint density at radius 3 is 3.12 bits per heavy atom. The molecule has 1 saturated heterocycles. The summed E-state index contributed by atoms with van der Waals surface area (Å²) in [4.78, 5) is 15.6. The van der Waals surface area contributed by atoms with E-state index in [4.69, 9.17) is 16.3 Å². The molecule has 92 valence electrons. The molecule has 1 aliphatic heterocycles. The average Bonchev–Trinajstić information content (AvgIpc) is 2.38. The van der Waals surface area contributed by atoms with Crippen molar-refractivity contribution in [3.05, 3.63) is 28.5 Å². The first kappa shape index (κ1) is 12.3. The van der Waals surface area contributed by atoms with Crippen LogP contribution < -0.4 is 5.32 Å². The number of aromatic nitrogens is 1. The number of carbonyl (C=O) groups excluding carboxylic acids is 1. The van der Waals surface area contributed by atoms with Crippen LogP contribution in [0.25, 0.3) is 0 Å². The third-order valence-electron chi connectivity index (χ3n) is 2.55. The van der Waals surface area contributed by atoms with E-state index in [0.717, 1.165) is 6.54 Å². The molecule has 0 amide bonds. The van der Waals surface area contributed by atoms with E-state index < -0.39 is 5.97 Å². The van der Waals surface area contributed by atoms with Crippen LogP contribution in [0.4, 0.5) is 0 Å². The van der Waals surface area contributed by atoms with E-state index >= 15 is 0 Å². The summed E-state index contributed by atoms with van der Waals surface area (Å²) in [5.74, 6) is -0.503. The molecule has 1 atom stereocenters. The highest BCUT2D eigenvalue weighted by Gasteiger charge is 2.23. The Labute approximate surface area is 104 Å². The Kier molecular flexibility index (Phi) is 3.93. The normalized spacial score (nSPS) is 20.0. The molecule has 0 spiro atoms. The lowest BCUT2D eigenvalue weighted by atomic mass is 10.1. The molecular formula is C11H13ClN2O3. The van der Waals surface area contributed by atoms with E-state index in [-0.39, 0.29) is 17.0 Å². The zero-order chi connectivity index (χ0) is 12.3. The zero-order valence-electron chi connectivity index (χ0n) is 9.40. The van der Waals surface area contributed by atoms with E-state index in [1.807, 2.05) is 0 Å². The summed E-state index contributed by atoms with van der Waals surface area (Å²) in [7, 11) is 1.31. The Morgan fingerprint density at radius 2 is 2.47 bits per heavy atom. The summed E-state index contributed by atoms with van der Waals surface area (Å²) < 4.78 is 10.3. The number of halogens is 1. The van der Waals surface area contributed by atoms with Crippen molar-refractivity contribution in [1.29, 1.82) is 0 Å². The second-order valence-corrected chi connectivity index (χ2v) is 4.01. The maximum Gasteiger partial charge on any atom is 0.357 e. The van der Waals surface area contributed by atoms with E-state index in [2.05, 4.69) is 15.0 Å². The largest absolute Gasteiger partial charge is 0.464 e. The predicted octanol–water partition coefficient (Wildman–Crippen LogP) is 1.18. The van der Waals surface area contributed by atoms with Crippen molar-refractivity contribution in [3.8, 4) is 0 Å². The molecule has 0 bridgehead atoms. The number of ether oxygens (including phenoxy) is 2. The first-order valence-electron chi connectivity index (χ1n) is 5.29. The molecule has 1 unspecified atom stereocenters. The van der Waals surface area contributed by atoms with Crippen LogP contribution in [0.15, 0.2) is 12.1 Å². The van der Waals surface area contributed by atoms with Crippen LogP contribution in [0.1, 0.15) is 22.2 Å². The van der Waals surface area contributed by atoms with Crippen LogP contribution in [0, 0.1) is 0 Å². The van der Waals surface area contributed by atoms with Gasteiger partial charge in [0.2, 0.25) is 0 Å². The van der Waals surface area contributed by atoms with Crippen LogP contribution in [-0.4, -0.2) is 37.8 Å². The smallest absolute Gasteiger partial charge is 0.357 e. The third-order valence-corrected chi connectivity index (χ3v) is 2.76. The van der Waals surface area contributed by atoms with Crippen molar-refractivity contribution in [2.45, 2.75) is 6.10 Å². The lowest BCUT2D eigenvalue weighted by molar-refractivity contribution is 0.0255. The molecule has 1 aliphatic rings. The summed E-state index contributed by atoms with van der Waals surface area (Å²) in [6, 6.07) is 3.39. The van der Waals surface area contributed by atoms with Crippen molar-refractivity contribution in [2.24, 2.45) is 0 Å². The quantitative estimate of drug-likeness (QED) is 0.636. The van der Waals surface area contributed by atoms with Gasteiger partial charge in [-0.1, -0.05) is 17.7 Å². The van der Waals surface area contributed by atoms with Crippen molar-refractivity contribution in [3.63, 3.8) is 0 Å². The molecule has 2 rings (SSSR count). The van der Waals surface area contributed by atoms with Gasteiger partial charge in [-0.2, -0.15) is 0 Å². The van der Waals surface area contributed by atoms with Gasteiger partial charge in [0.15, 0.2) is 5.69 Å². The van der Waals surface area contributed by atoms with E-state index in [0.29, 0.717) is 18.7 Å². The van der Waals surface area contributed by atoms with Gasteiger partial charge in [-0.05, 0) is 6.07 Å². The minimum Gasteiger partial charge on any atom is -0.464 e. The Bertz CT molecular complexity index is 419. The number of carbonyl (C=O) groups is 1. The second-order valence-electron chi connectivity index (χ2n) is 3.63. The molecule has 17 heavy (non-hydrogen) atoms. The summed E-state index contributed by atoms with van der Waals surface area (Å²) >= 11 is 5.78. The number of hydrogen-bond acceptors (Lipinski definition) is 5. The monoisotopic (exact) mass is 256 g/mol. The van der Waals surface area contributed by atoms with Gasteiger partial charge in [-0.3, -0.25) is 0 Å². The fourth-order valence-corrected chi connectivity index (χ4v) is 1.88. The number of pyridine rings is 1. The highest BCUT2D eigenvalue weighted by molar-refractivity contribution is 6.29. The summed E-state index contributed by atoms with van der Waals surface area (Å²) in [5, 5.41) is 3.46. The van der Waals surface area contributed by atoms with Gasteiger partial charge in [0.25, 0.3) is 0 Å². The number of morpholine rings is 1. The maximum atomic E-state index is 11.6. The number of nitrogens with zero attached hydrogens (tertiary/aromatic N) is 1. The van der Waals surface area contributed by atoms with Crippen molar-refractivity contribution >= 4 is 17.6 Å². The Morgan fingerprint density at radius 1 is 1.65 bits per heavy atom. The standard InChI is InChI=1S/C11H13ClN2O3/c1-16-11(15)10-7(2-3-9(12)14-10)8-6-13-4-5-17-8/h2-3,8,13H,4-6H2,1H3. The van der Waals surface area contributed by atoms with Crippen LogP contribution in [0.2, 0.25) is 5.15 Å². The third kappa shape index (κ3) is 2.74. The first-order valence-corrected chi connectivity index (χ1v) is 5.67. The molecule has 0 saturated carbocycles. The van der Waals surface area contributed by atoms with Crippen LogP contribution in [0.5, 0.6) is 0 Å². The predicted molar refractivity (Wildman–Crippen MR) is 62.1 cm³/mol. The number of nitrogens with one attached hydrogen (secondary N) is 1. The molecule has 0 aromatic carbocycles. The molecule has 1 aromatic heterocycles. The minimum atomic E-state index is -0.503. The molecule has 6 heteroatoms. The fourth-order valence-electron chi connectivity index (χ4n) is 1.73. The number of methoxy groups -OCH3 is 1. The number of rotatable bonds is 2. The van der Waals surface area contributed by atoms with Crippen LogP contribution >= 0.6 is 11.6 Å². The average molecular weight is 257 g/mol. The lowest BCUT2D eigenvalue weighted by Crippen LogP contribution is -2.34. The fraction of sp³-hybridized carbons (Fsp3) is 0.455. The topological polar surface area (TPSA) is 60.5 Å². The zero-order valence-corrected chi connectivity index (χ0v) is 10.2. The van der Waals surface area contributed by atoms with E-state index in [9.17, 15) is 4.79 Å². The van der Waals surface area contributed by atoms with Crippen LogP contribution in [0.3, 0.4) is 0 Å². The lowest BCUT2D eigenvalue weighted by Gasteiger charge is -2.24. The maximum absolute atomic E-state index is 11.6. The highest BCUT2D eigenvalue weighted by Crippen LogP contribution is 2.23. The number of esters is 1. The molecule has 1 N–H and O–H groups in total. The molecule has 0 aliphatic carbocycles. The SMILES string of the molecule is COC(=O)c1nc(Cl)ccc1C1CNCCO1. The van der Waals surface area contributed by atoms with Gasteiger partial charge >= 0.3 is 5.97 Å². The second kappa shape index (κ2) is 5.44. The van der Waals surface area contributed by atoms with Crippen molar-refractivity contribution in [1.82, 2.24) is 10.3 Å². The minimum absolute atomic E-state index is 0.192. The number of hydrogen-bond donors (Lipinski definition) is 1. The summed E-state index contributed by atoms with van der Waals surface area (Å²) in [6.07, 6.45) is -0.192. The molecule has 0 radical (unpaired) electrons. The van der Waals surface area contributed by atoms with Gasteiger partial charge in [0, 0.05) is 18.7 Å². The highest BCUT2D eigenvalue weighted by atomic mass is 35.5. The van der Waals surface area contributed by atoms with E-state index in [1.54, 1.807) is 12.1 Å².